The first-order chi connectivity index (χ1) is 23.3. The molecule has 1 aromatic heterocycles. The number of carboxylic acids is 2. The van der Waals surface area contributed by atoms with Crippen molar-refractivity contribution in [1.29, 1.82) is 5.41 Å². The fourth-order valence-corrected chi connectivity index (χ4v) is 4.21. The SMILES string of the molecule is N=C(N)NCCC[C@H](N)C(=O)O.NC(=O)c1c(F)ccc(O[C@H](COC(=O)CCC(=O)O)c2nc(-c3ccc(C(F)(F)F)cc3)c(Br)o2)c1F. The van der Waals surface area contributed by atoms with Crippen molar-refractivity contribution in [3.63, 3.8) is 0 Å². The fourth-order valence-electron chi connectivity index (χ4n) is 3.73. The highest BCUT2D eigenvalue weighted by atomic mass is 79.9. The van der Waals surface area contributed by atoms with Crippen LogP contribution in [0.4, 0.5) is 22.0 Å². The summed E-state index contributed by atoms with van der Waals surface area (Å²) in [5.41, 5.74) is 13.4. The number of hydrogen-bond acceptors (Lipinski definition) is 10. The minimum Gasteiger partial charge on any atom is -0.481 e. The molecule has 50 heavy (non-hydrogen) atoms. The second-order valence-electron chi connectivity index (χ2n) is 9.96. The molecule has 0 saturated heterocycles. The minimum absolute atomic E-state index is 0.0110. The van der Waals surface area contributed by atoms with E-state index >= 15 is 0 Å². The fraction of sp³-hybridized carbons (Fsp3) is 0.310. The average Bonchev–Trinajstić information content (AvgIpc) is 3.42. The number of ether oxygens (including phenoxy) is 2. The Bertz CT molecular complexity index is 1690. The number of benzene rings is 2. The van der Waals surface area contributed by atoms with Crippen LogP contribution in [0.5, 0.6) is 5.75 Å². The number of alkyl halides is 3. The number of halogens is 6. The van der Waals surface area contributed by atoms with Crippen LogP contribution < -0.4 is 27.3 Å². The molecule has 0 bridgehead atoms. The molecule has 0 fully saturated rings. The van der Waals surface area contributed by atoms with Crippen LogP contribution in [0.3, 0.4) is 0 Å². The van der Waals surface area contributed by atoms with E-state index in [1.165, 1.54) is 0 Å². The first kappa shape index (κ1) is 40.9. The predicted octanol–water partition coefficient (Wildman–Crippen LogP) is 3.69. The van der Waals surface area contributed by atoms with Crippen molar-refractivity contribution in [2.45, 2.75) is 44.0 Å². The van der Waals surface area contributed by atoms with Gasteiger partial charge >= 0.3 is 24.1 Å². The van der Waals surface area contributed by atoms with Gasteiger partial charge in [-0.2, -0.15) is 13.2 Å². The Hall–Kier alpha value is -5.31. The molecule has 1 heterocycles. The van der Waals surface area contributed by atoms with Gasteiger partial charge in [-0.05, 0) is 53.0 Å². The number of carbonyl (C=O) groups excluding carboxylic acids is 2. The van der Waals surface area contributed by atoms with E-state index in [4.69, 9.17) is 46.7 Å². The van der Waals surface area contributed by atoms with Gasteiger partial charge in [0.15, 0.2) is 22.2 Å². The number of carboxylic acid groups (broad SMARTS) is 2. The van der Waals surface area contributed by atoms with E-state index in [-0.39, 0.29) is 27.8 Å². The Labute approximate surface area is 287 Å². The van der Waals surface area contributed by atoms with Crippen LogP contribution in [0, 0.1) is 17.0 Å². The molecule has 0 radical (unpaired) electrons. The Kier molecular flexibility index (Phi) is 15.1. The molecule has 0 aliphatic heterocycles. The van der Waals surface area contributed by atoms with Crippen molar-refractivity contribution in [3.8, 4) is 17.0 Å². The number of nitrogens with one attached hydrogen (secondary N) is 2. The number of guanidine groups is 1. The molecule has 10 N–H and O–H groups in total. The second kappa shape index (κ2) is 18.5. The molecule has 1 amide bonds. The van der Waals surface area contributed by atoms with Crippen LogP contribution in [-0.2, 0) is 25.3 Å². The highest BCUT2D eigenvalue weighted by Crippen LogP contribution is 2.36. The van der Waals surface area contributed by atoms with E-state index in [0.29, 0.717) is 25.5 Å². The topological polar surface area (TPSA) is 267 Å². The molecule has 0 aliphatic rings. The van der Waals surface area contributed by atoms with Gasteiger partial charge < -0.3 is 46.6 Å². The highest BCUT2D eigenvalue weighted by Gasteiger charge is 2.31. The molecule has 2 aromatic carbocycles. The molecule has 21 heteroatoms. The number of amides is 1. The molecule has 0 unspecified atom stereocenters. The van der Waals surface area contributed by atoms with Gasteiger partial charge in [-0.1, -0.05) is 12.1 Å². The summed E-state index contributed by atoms with van der Waals surface area (Å²) in [4.78, 5) is 48.4. The molecular weight excluding hydrogens is 751 g/mol. The van der Waals surface area contributed by atoms with Crippen LogP contribution in [0.2, 0.25) is 0 Å². The maximum absolute atomic E-state index is 14.8. The van der Waals surface area contributed by atoms with Gasteiger partial charge in [0.2, 0.25) is 12.0 Å². The zero-order valence-electron chi connectivity index (χ0n) is 25.6. The summed E-state index contributed by atoms with van der Waals surface area (Å²) in [6.45, 7) is -0.225. The Balaban J connectivity index is 0.000000616. The first-order valence-corrected chi connectivity index (χ1v) is 14.8. The number of nitrogens with zero attached hydrogens (tertiary/aromatic N) is 1. The van der Waals surface area contributed by atoms with Gasteiger partial charge in [-0.25, -0.2) is 13.8 Å². The summed E-state index contributed by atoms with van der Waals surface area (Å²) in [6, 6.07) is 4.57. The monoisotopic (exact) mass is 780 g/mol. The predicted molar refractivity (Wildman–Crippen MR) is 165 cm³/mol. The maximum atomic E-state index is 14.8. The van der Waals surface area contributed by atoms with Crippen LogP contribution >= 0.6 is 15.9 Å². The summed E-state index contributed by atoms with van der Waals surface area (Å²) in [6.07, 6.45) is -6.18. The average molecular weight is 781 g/mol. The number of primary amides is 1. The summed E-state index contributed by atoms with van der Waals surface area (Å²) in [5, 5.41) is 26.4. The van der Waals surface area contributed by atoms with E-state index < -0.39 is 90.1 Å². The van der Waals surface area contributed by atoms with E-state index in [1.54, 1.807) is 0 Å². The summed E-state index contributed by atoms with van der Waals surface area (Å²) in [5.74, 6) is -8.55. The van der Waals surface area contributed by atoms with Crippen molar-refractivity contribution >= 4 is 45.7 Å². The number of hydrogen-bond donors (Lipinski definition) is 7. The molecule has 3 aromatic rings. The van der Waals surface area contributed by atoms with Crippen LogP contribution in [0.1, 0.15) is 53.6 Å². The second-order valence-corrected chi connectivity index (χ2v) is 10.7. The van der Waals surface area contributed by atoms with Gasteiger partial charge in [0.1, 0.15) is 29.7 Å². The number of aliphatic carboxylic acids is 2. The first-order valence-electron chi connectivity index (χ1n) is 14.0. The van der Waals surface area contributed by atoms with E-state index in [1.807, 2.05) is 0 Å². The van der Waals surface area contributed by atoms with Crippen LogP contribution in [0.25, 0.3) is 11.3 Å². The van der Waals surface area contributed by atoms with Gasteiger partial charge in [-0.3, -0.25) is 24.6 Å². The van der Waals surface area contributed by atoms with Crippen LogP contribution in [-0.4, -0.2) is 64.2 Å². The summed E-state index contributed by atoms with van der Waals surface area (Å²) >= 11 is 3.08. The molecule has 0 aliphatic carbocycles. The van der Waals surface area contributed by atoms with Gasteiger partial charge in [-0.15, -0.1) is 0 Å². The maximum Gasteiger partial charge on any atom is 0.416 e. The van der Waals surface area contributed by atoms with Crippen molar-refractivity contribution in [1.82, 2.24) is 10.3 Å². The number of aromatic nitrogens is 1. The normalized spacial score (nSPS) is 12.1. The zero-order valence-corrected chi connectivity index (χ0v) is 27.1. The summed E-state index contributed by atoms with van der Waals surface area (Å²) in [7, 11) is 0. The van der Waals surface area contributed by atoms with Gasteiger partial charge in [0.05, 0.1) is 18.4 Å². The summed E-state index contributed by atoms with van der Waals surface area (Å²) < 4.78 is 83.1. The number of nitrogens with two attached hydrogens (primary N) is 3. The van der Waals surface area contributed by atoms with Crippen molar-refractivity contribution in [3.05, 3.63) is 69.7 Å². The minimum atomic E-state index is -4.57. The lowest BCUT2D eigenvalue weighted by Crippen LogP contribution is -2.34. The lowest BCUT2D eigenvalue weighted by Gasteiger charge is -2.17. The van der Waals surface area contributed by atoms with Crippen molar-refractivity contribution < 1.29 is 65.2 Å². The Morgan fingerprint density at radius 2 is 1.68 bits per heavy atom. The Morgan fingerprint density at radius 3 is 2.22 bits per heavy atom. The van der Waals surface area contributed by atoms with E-state index in [0.717, 1.165) is 30.3 Å². The molecule has 3 rings (SSSR count). The molecule has 0 saturated carbocycles. The third-order valence-electron chi connectivity index (χ3n) is 6.20. The van der Waals surface area contributed by atoms with Crippen molar-refractivity contribution in [2.75, 3.05) is 13.2 Å². The van der Waals surface area contributed by atoms with Crippen LogP contribution in [0.15, 0.2) is 45.5 Å². The van der Waals surface area contributed by atoms with E-state index in [9.17, 15) is 41.1 Å². The standard InChI is InChI=1S/C23H16BrF5N2O7.C6H14N4O2/c24-20-19(10-1-3-11(4-2-10)23(27,28)29)31-22(38-20)14(9-36-16(34)8-7-15(32)33)37-13-6-5-12(25)17(18(13)26)21(30)35;7-4(5(11)12)2-1-3-10-6(8)9/h1-6,14H,7-9H2,(H2,30,35)(H,32,33);4H,1-3,7H2,(H,11,12)(H4,8,9,10)/t14-;4-/m10/s1. The zero-order chi connectivity index (χ0) is 37.8. The third-order valence-corrected chi connectivity index (χ3v) is 6.74. The number of rotatable bonds is 15. The molecule has 2 atom stereocenters. The quantitative estimate of drug-likeness (QED) is 0.0382. The number of carbonyl (C=O) groups is 4. The number of esters is 1. The van der Waals surface area contributed by atoms with E-state index in [2.05, 4.69) is 26.2 Å². The molecule has 0 spiro atoms. The number of oxazole rings is 1. The third kappa shape index (κ3) is 12.6. The van der Waals surface area contributed by atoms with Crippen molar-refractivity contribution in [2.24, 2.45) is 17.2 Å². The Morgan fingerprint density at radius 1 is 1.04 bits per heavy atom. The molecular formula is C29H30BrF5N6O9. The smallest absolute Gasteiger partial charge is 0.416 e. The van der Waals surface area contributed by atoms with Gasteiger partial charge in [0.25, 0.3) is 5.91 Å². The molecule has 272 valence electrons. The lowest BCUT2D eigenvalue weighted by molar-refractivity contribution is -0.150. The highest BCUT2D eigenvalue weighted by molar-refractivity contribution is 9.10. The lowest BCUT2D eigenvalue weighted by atomic mass is 10.1. The molecule has 15 nitrogen and oxygen atoms in total. The van der Waals surface area contributed by atoms with Gasteiger partial charge in [0, 0.05) is 12.1 Å². The largest absolute Gasteiger partial charge is 0.481 e.